The number of hydrogen-bond donors (Lipinski definition) is 2. The smallest absolute Gasteiger partial charge is 0.227 e. The molecular formula is C15H19N3O2. The van der Waals surface area contributed by atoms with Gasteiger partial charge in [0.2, 0.25) is 5.91 Å². The molecule has 1 aromatic carbocycles. The Kier molecular flexibility index (Phi) is 3.60. The molecule has 0 aliphatic carbocycles. The maximum absolute atomic E-state index is 12.3. The molecule has 1 fully saturated rings. The summed E-state index contributed by atoms with van der Waals surface area (Å²) in [5, 5.41) is 4.32. The third-order valence-electron chi connectivity index (χ3n) is 3.79. The van der Waals surface area contributed by atoms with Gasteiger partial charge in [-0.25, -0.2) is 0 Å². The molecule has 0 saturated carbocycles. The topological polar surface area (TPSA) is 57.4 Å². The van der Waals surface area contributed by atoms with Gasteiger partial charge in [0.1, 0.15) is 5.75 Å². The van der Waals surface area contributed by atoms with Crippen LogP contribution in [-0.2, 0) is 11.2 Å². The number of hydrogen-bond acceptors (Lipinski definition) is 3. The Morgan fingerprint density at radius 3 is 2.90 bits per heavy atom. The average molecular weight is 273 g/mol. The third-order valence-corrected chi connectivity index (χ3v) is 3.79. The van der Waals surface area contributed by atoms with Crippen molar-refractivity contribution in [3.8, 4) is 5.75 Å². The molecule has 1 saturated heterocycles. The monoisotopic (exact) mass is 273 g/mol. The highest BCUT2D eigenvalue weighted by atomic mass is 16.5. The molecule has 20 heavy (non-hydrogen) atoms. The van der Waals surface area contributed by atoms with Crippen LogP contribution in [0.5, 0.6) is 5.75 Å². The summed E-state index contributed by atoms with van der Waals surface area (Å²) < 4.78 is 5.25. The zero-order valence-electron chi connectivity index (χ0n) is 11.6. The van der Waals surface area contributed by atoms with Gasteiger partial charge in [-0.2, -0.15) is 0 Å². The summed E-state index contributed by atoms with van der Waals surface area (Å²) in [6.45, 7) is 3.36. The second-order valence-electron chi connectivity index (χ2n) is 5.03. The SMILES string of the molecule is COc1ccc2[nH]cc(CC(=O)N3CCNCC3)c2c1. The molecule has 0 bridgehead atoms. The van der Waals surface area contributed by atoms with E-state index in [0.717, 1.165) is 48.4 Å². The summed E-state index contributed by atoms with van der Waals surface area (Å²) in [4.78, 5) is 17.5. The van der Waals surface area contributed by atoms with Crippen molar-refractivity contribution in [2.24, 2.45) is 0 Å². The molecule has 5 heteroatoms. The van der Waals surface area contributed by atoms with Gasteiger partial charge in [-0.15, -0.1) is 0 Å². The van der Waals surface area contributed by atoms with Crippen molar-refractivity contribution in [2.45, 2.75) is 6.42 Å². The maximum Gasteiger partial charge on any atom is 0.227 e. The molecular weight excluding hydrogens is 254 g/mol. The molecule has 2 heterocycles. The van der Waals surface area contributed by atoms with Gasteiger partial charge in [0.05, 0.1) is 13.5 Å². The van der Waals surface area contributed by atoms with Crippen LogP contribution in [0.3, 0.4) is 0 Å². The van der Waals surface area contributed by atoms with Crippen molar-refractivity contribution in [3.05, 3.63) is 30.0 Å². The highest BCUT2D eigenvalue weighted by Gasteiger charge is 2.18. The predicted octanol–water partition coefficient (Wildman–Crippen LogP) is 1.15. The summed E-state index contributed by atoms with van der Waals surface area (Å²) in [6, 6.07) is 5.87. The van der Waals surface area contributed by atoms with Crippen LogP contribution < -0.4 is 10.1 Å². The summed E-state index contributed by atoms with van der Waals surface area (Å²) in [6.07, 6.45) is 2.36. The Balaban J connectivity index is 1.81. The number of carbonyl (C=O) groups is 1. The Morgan fingerprint density at radius 1 is 1.35 bits per heavy atom. The first-order chi connectivity index (χ1) is 9.78. The molecule has 0 atom stereocenters. The highest BCUT2D eigenvalue weighted by molar-refractivity contribution is 5.89. The number of aromatic amines is 1. The van der Waals surface area contributed by atoms with E-state index >= 15 is 0 Å². The number of nitrogens with zero attached hydrogens (tertiary/aromatic N) is 1. The lowest BCUT2D eigenvalue weighted by molar-refractivity contribution is -0.131. The fourth-order valence-corrected chi connectivity index (χ4v) is 2.62. The number of nitrogens with one attached hydrogen (secondary N) is 2. The second-order valence-corrected chi connectivity index (χ2v) is 5.03. The standard InChI is InChI=1S/C15H19N3O2/c1-20-12-2-3-14-13(9-12)11(10-17-14)8-15(19)18-6-4-16-5-7-18/h2-3,9-10,16-17H,4-8H2,1H3. The molecule has 2 aromatic rings. The summed E-state index contributed by atoms with van der Waals surface area (Å²) in [7, 11) is 1.65. The fraction of sp³-hybridized carbons (Fsp3) is 0.400. The van der Waals surface area contributed by atoms with Crippen molar-refractivity contribution >= 4 is 16.8 Å². The predicted molar refractivity (Wildman–Crippen MR) is 78.0 cm³/mol. The van der Waals surface area contributed by atoms with Gasteiger partial charge in [-0.05, 0) is 23.8 Å². The molecule has 1 amide bonds. The van der Waals surface area contributed by atoms with Crippen LogP contribution in [0.15, 0.2) is 24.4 Å². The minimum Gasteiger partial charge on any atom is -0.497 e. The van der Waals surface area contributed by atoms with Gasteiger partial charge in [0.15, 0.2) is 0 Å². The molecule has 0 spiro atoms. The van der Waals surface area contributed by atoms with Crippen LogP contribution in [-0.4, -0.2) is 49.1 Å². The number of H-pyrrole nitrogens is 1. The lowest BCUT2D eigenvalue weighted by Crippen LogP contribution is -2.46. The van der Waals surface area contributed by atoms with Crippen LogP contribution in [0, 0.1) is 0 Å². The van der Waals surface area contributed by atoms with E-state index in [-0.39, 0.29) is 5.91 Å². The first-order valence-corrected chi connectivity index (χ1v) is 6.90. The quantitative estimate of drug-likeness (QED) is 0.882. The first-order valence-electron chi connectivity index (χ1n) is 6.90. The number of fused-ring (bicyclic) bond motifs is 1. The third kappa shape index (κ3) is 2.49. The Bertz CT molecular complexity index is 615. The Morgan fingerprint density at radius 2 is 2.15 bits per heavy atom. The molecule has 0 unspecified atom stereocenters. The van der Waals surface area contributed by atoms with E-state index in [2.05, 4.69) is 10.3 Å². The van der Waals surface area contributed by atoms with E-state index in [1.54, 1.807) is 7.11 Å². The van der Waals surface area contributed by atoms with E-state index in [4.69, 9.17) is 4.74 Å². The van der Waals surface area contributed by atoms with Crippen LogP contribution >= 0.6 is 0 Å². The average Bonchev–Trinajstić information content (AvgIpc) is 2.90. The minimum atomic E-state index is 0.190. The summed E-state index contributed by atoms with van der Waals surface area (Å²) >= 11 is 0. The Labute approximate surface area is 117 Å². The molecule has 0 radical (unpaired) electrons. The number of rotatable bonds is 3. The van der Waals surface area contributed by atoms with Crippen LogP contribution in [0.1, 0.15) is 5.56 Å². The van der Waals surface area contributed by atoms with Gasteiger partial charge in [-0.3, -0.25) is 4.79 Å². The van der Waals surface area contributed by atoms with E-state index in [9.17, 15) is 4.79 Å². The molecule has 5 nitrogen and oxygen atoms in total. The van der Waals surface area contributed by atoms with Crippen molar-refractivity contribution in [1.29, 1.82) is 0 Å². The zero-order valence-corrected chi connectivity index (χ0v) is 11.6. The number of piperazine rings is 1. The highest BCUT2D eigenvalue weighted by Crippen LogP contribution is 2.24. The molecule has 106 valence electrons. The van der Waals surface area contributed by atoms with E-state index < -0.39 is 0 Å². The zero-order chi connectivity index (χ0) is 13.9. The van der Waals surface area contributed by atoms with Gasteiger partial charge >= 0.3 is 0 Å². The van der Waals surface area contributed by atoms with E-state index in [1.807, 2.05) is 29.3 Å². The second kappa shape index (κ2) is 5.54. The van der Waals surface area contributed by atoms with Gasteiger partial charge in [0.25, 0.3) is 0 Å². The van der Waals surface area contributed by atoms with Crippen molar-refractivity contribution < 1.29 is 9.53 Å². The van der Waals surface area contributed by atoms with E-state index in [1.165, 1.54) is 0 Å². The normalized spacial score (nSPS) is 15.6. The van der Waals surface area contributed by atoms with Crippen molar-refractivity contribution in [1.82, 2.24) is 15.2 Å². The number of methoxy groups -OCH3 is 1. The molecule has 2 N–H and O–H groups in total. The number of aromatic nitrogens is 1. The molecule has 1 aliphatic heterocycles. The number of ether oxygens (including phenoxy) is 1. The van der Waals surface area contributed by atoms with Gasteiger partial charge in [0, 0.05) is 43.3 Å². The maximum atomic E-state index is 12.3. The Hall–Kier alpha value is -2.01. The van der Waals surface area contributed by atoms with Crippen molar-refractivity contribution in [3.63, 3.8) is 0 Å². The van der Waals surface area contributed by atoms with Crippen LogP contribution in [0.4, 0.5) is 0 Å². The number of carbonyl (C=O) groups excluding carboxylic acids is 1. The number of amides is 1. The lowest BCUT2D eigenvalue weighted by atomic mass is 10.1. The van der Waals surface area contributed by atoms with Crippen molar-refractivity contribution in [2.75, 3.05) is 33.3 Å². The van der Waals surface area contributed by atoms with E-state index in [0.29, 0.717) is 6.42 Å². The fourth-order valence-electron chi connectivity index (χ4n) is 2.62. The molecule has 1 aromatic heterocycles. The first kappa shape index (κ1) is 13.0. The van der Waals surface area contributed by atoms with Gasteiger partial charge in [-0.1, -0.05) is 0 Å². The lowest BCUT2D eigenvalue weighted by Gasteiger charge is -2.27. The van der Waals surface area contributed by atoms with Gasteiger partial charge < -0.3 is 19.9 Å². The summed E-state index contributed by atoms with van der Waals surface area (Å²) in [5.74, 6) is 1.00. The number of benzene rings is 1. The summed E-state index contributed by atoms with van der Waals surface area (Å²) in [5.41, 5.74) is 2.07. The van der Waals surface area contributed by atoms with Crippen LogP contribution in [0.2, 0.25) is 0 Å². The van der Waals surface area contributed by atoms with Crippen LogP contribution in [0.25, 0.3) is 10.9 Å². The molecule has 1 aliphatic rings. The minimum absolute atomic E-state index is 0.190. The largest absolute Gasteiger partial charge is 0.497 e. The molecule has 3 rings (SSSR count).